The van der Waals surface area contributed by atoms with E-state index in [1.165, 1.54) is 0 Å². The van der Waals surface area contributed by atoms with E-state index in [1.54, 1.807) is 0 Å². The van der Waals surface area contributed by atoms with Crippen molar-refractivity contribution < 1.29 is 4.79 Å². The summed E-state index contributed by atoms with van der Waals surface area (Å²) < 4.78 is 1.84. The van der Waals surface area contributed by atoms with Crippen molar-refractivity contribution in [3.05, 3.63) is 48.3 Å². The molecule has 1 saturated heterocycles. The van der Waals surface area contributed by atoms with Gasteiger partial charge in [-0.3, -0.25) is 4.79 Å². The smallest absolute Gasteiger partial charge is 0.222 e. The van der Waals surface area contributed by atoms with Crippen LogP contribution in [0.4, 0.5) is 0 Å². The predicted octanol–water partition coefficient (Wildman–Crippen LogP) is 2.18. The molecule has 0 spiro atoms. The number of para-hydroxylation sites is 1. The monoisotopic (exact) mass is 334 g/mol. The average molecular weight is 335 g/mol. The Morgan fingerprint density at radius 3 is 2.83 bits per heavy atom. The van der Waals surface area contributed by atoms with Gasteiger partial charge in [0.15, 0.2) is 0 Å². The highest BCUT2D eigenvalue weighted by Crippen LogP contribution is 2.12. The number of piperidine rings is 1. The van der Waals surface area contributed by atoms with Crippen LogP contribution >= 0.6 is 12.4 Å². The fourth-order valence-electron chi connectivity index (χ4n) is 2.86. The van der Waals surface area contributed by atoms with E-state index in [2.05, 4.69) is 5.10 Å². The summed E-state index contributed by atoms with van der Waals surface area (Å²) in [5.41, 5.74) is 8.04. The van der Waals surface area contributed by atoms with Gasteiger partial charge in [-0.1, -0.05) is 18.2 Å². The van der Waals surface area contributed by atoms with Gasteiger partial charge in [-0.2, -0.15) is 5.10 Å². The molecule has 1 amide bonds. The first-order chi connectivity index (χ1) is 10.7. The van der Waals surface area contributed by atoms with Crippen molar-refractivity contribution in [1.82, 2.24) is 14.7 Å². The summed E-state index contributed by atoms with van der Waals surface area (Å²) in [6.45, 7) is 1.54. The van der Waals surface area contributed by atoms with Crippen molar-refractivity contribution in [3.8, 4) is 5.69 Å². The fourth-order valence-corrected chi connectivity index (χ4v) is 2.86. The van der Waals surface area contributed by atoms with Crippen LogP contribution in [-0.4, -0.2) is 39.7 Å². The number of likely N-dealkylation sites (tertiary alicyclic amines) is 1. The van der Waals surface area contributed by atoms with Gasteiger partial charge < -0.3 is 10.6 Å². The topological polar surface area (TPSA) is 64.2 Å². The van der Waals surface area contributed by atoms with Crippen LogP contribution < -0.4 is 5.73 Å². The average Bonchev–Trinajstić information content (AvgIpc) is 3.02. The van der Waals surface area contributed by atoms with Gasteiger partial charge in [0, 0.05) is 31.7 Å². The van der Waals surface area contributed by atoms with Gasteiger partial charge >= 0.3 is 0 Å². The molecule has 1 aromatic heterocycles. The van der Waals surface area contributed by atoms with E-state index in [4.69, 9.17) is 5.73 Å². The Bertz CT molecular complexity index is 629. The van der Waals surface area contributed by atoms with Crippen molar-refractivity contribution >= 4 is 18.3 Å². The van der Waals surface area contributed by atoms with Gasteiger partial charge in [0.1, 0.15) is 0 Å². The number of carbonyl (C=O) groups excluding carboxylic acids is 1. The van der Waals surface area contributed by atoms with Crippen LogP contribution in [0.2, 0.25) is 0 Å². The molecule has 1 aliphatic heterocycles. The Labute approximate surface area is 142 Å². The van der Waals surface area contributed by atoms with Gasteiger partial charge in [0.25, 0.3) is 0 Å². The van der Waals surface area contributed by atoms with E-state index in [-0.39, 0.29) is 24.4 Å². The van der Waals surface area contributed by atoms with E-state index in [0.29, 0.717) is 13.0 Å². The van der Waals surface area contributed by atoms with Crippen molar-refractivity contribution in [3.63, 3.8) is 0 Å². The maximum Gasteiger partial charge on any atom is 0.222 e. The molecule has 3 rings (SSSR count). The zero-order chi connectivity index (χ0) is 15.4. The lowest BCUT2D eigenvalue weighted by atomic mass is 10.1. The van der Waals surface area contributed by atoms with E-state index < -0.39 is 0 Å². The van der Waals surface area contributed by atoms with Crippen molar-refractivity contribution in [2.75, 3.05) is 13.1 Å². The summed E-state index contributed by atoms with van der Waals surface area (Å²) in [5, 5.41) is 4.36. The Kier molecular flexibility index (Phi) is 6.19. The molecular weight excluding hydrogens is 312 g/mol. The Morgan fingerprint density at radius 2 is 2.09 bits per heavy atom. The first-order valence-electron chi connectivity index (χ1n) is 7.85. The normalized spacial score (nSPS) is 17.6. The number of amides is 1. The number of rotatable bonds is 4. The molecule has 2 aromatic rings. The number of carbonyl (C=O) groups is 1. The summed E-state index contributed by atoms with van der Waals surface area (Å²) in [6.07, 6.45) is 7.10. The number of aromatic nitrogens is 2. The van der Waals surface area contributed by atoms with Crippen LogP contribution in [0.15, 0.2) is 42.7 Å². The molecule has 1 unspecified atom stereocenters. The van der Waals surface area contributed by atoms with Crippen molar-refractivity contribution in [1.29, 1.82) is 0 Å². The third-order valence-corrected chi connectivity index (χ3v) is 4.09. The molecule has 0 aliphatic carbocycles. The van der Waals surface area contributed by atoms with Crippen molar-refractivity contribution in [2.24, 2.45) is 5.73 Å². The molecule has 1 atom stereocenters. The second-order valence-electron chi connectivity index (χ2n) is 5.87. The van der Waals surface area contributed by atoms with Gasteiger partial charge in [-0.25, -0.2) is 4.68 Å². The number of hydrogen-bond donors (Lipinski definition) is 1. The molecule has 5 nitrogen and oxygen atoms in total. The number of nitrogens with zero attached hydrogens (tertiary/aromatic N) is 3. The third kappa shape index (κ3) is 4.56. The Balaban J connectivity index is 0.00000192. The standard InChI is InChI=1S/C17H22N4O.ClH/c18-15-5-4-10-20(13-15)17(22)9-8-14-11-19-21(12-14)16-6-2-1-3-7-16;/h1-3,6-7,11-12,15H,4-5,8-10,13,18H2;1H. The molecule has 6 heteroatoms. The van der Waals surface area contributed by atoms with Crippen molar-refractivity contribution in [2.45, 2.75) is 31.7 Å². The van der Waals surface area contributed by atoms with Crippen LogP contribution in [-0.2, 0) is 11.2 Å². The zero-order valence-corrected chi connectivity index (χ0v) is 13.9. The summed E-state index contributed by atoms with van der Waals surface area (Å²) in [5.74, 6) is 0.197. The molecule has 1 fully saturated rings. The highest BCUT2D eigenvalue weighted by molar-refractivity contribution is 5.85. The minimum absolute atomic E-state index is 0. The SMILES string of the molecule is Cl.NC1CCCN(C(=O)CCc2cnn(-c3ccccc3)c2)C1. The number of halogens is 1. The van der Waals surface area contributed by atoms with Crippen LogP contribution in [0.25, 0.3) is 5.69 Å². The van der Waals surface area contributed by atoms with Gasteiger partial charge in [0.05, 0.1) is 11.9 Å². The lowest BCUT2D eigenvalue weighted by Crippen LogP contribution is -2.45. The molecule has 0 bridgehead atoms. The second kappa shape index (κ2) is 8.13. The molecule has 124 valence electrons. The van der Waals surface area contributed by atoms with Gasteiger partial charge in [-0.05, 0) is 37.0 Å². The minimum atomic E-state index is 0. The maximum absolute atomic E-state index is 12.2. The number of hydrogen-bond acceptors (Lipinski definition) is 3. The largest absolute Gasteiger partial charge is 0.341 e. The van der Waals surface area contributed by atoms with Crippen LogP contribution in [0.1, 0.15) is 24.8 Å². The zero-order valence-electron chi connectivity index (χ0n) is 13.1. The summed E-state index contributed by atoms with van der Waals surface area (Å²) in [6, 6.07) is 10.1. The predicted molar refractivity (Wildman–Crippen MR) is 92.9 cm³/mol. The number of nitrogens with two attached hydrogens (primary N) is 1. The van der Waals surface area contributed by atoms with E-state index in [0.717, 1.165) is 37.1 Å². The maximum atomic E-state index is 12.2. The molecule has 1 aromatic carbocycles. The lowest BCUT2D eigenvalue weighted by molar-refractivity contribution is -0.132. The number of aryl methyl sites for hydroxylation is 1. The van der Waals surface area contributed by atoms with Crippen LogP contribution in [0.3, 0.4) is 0 Å². The highest BCUT2D eigenvalue weighted by atomic mass is 35.5. The summed E-state index contributed by atoms with van der Waals surface area (Å²) in [4.78, 5) is 14.1. The highest BCUT2D eigenvalue weighted by Gasteiger charge is 2.20. The fraction of sp³-hybridized carbons (Fsp3) is 0.412. The second-order valence-corrected chi connectivity index (χ2v) is 5.87. The molecular formula is C17H23ClN4O. The summed E-state index contributed by atoms with van der Waals surface area (Å²) in [7, 11) is 0. The van der Waals surface area contributed by atoms with E-state index in [9.17, 15) is 4.79 Å². The van der Waals surface area contributed by atoms with Gasteiger partial charge in [-0.15, -0.1) is 12.4 Å². The van der Waals surface area contributed by atoms with Gasteiger partial charge in [0.2, 0.25) is 5.91 Å². The molecule has 1 aliphatic rings. The molecule has 0 saturated carbocycles. The summed E-state index contributed by atoms with van der Waals surface area (Å²) >= 11 is 0. The number of benzene rings is 1. The third-order valence-electron chi connectivity index (χ3n) is 4.09. The molecule has 2 heterocycles. The Morgan fingerprint density at radius 1 is 1.30 bits per heavy atom. The first kappa shape index (κ1) is 17.5. The van der Waals surface area contributed by atoms with E-state index in [1.807, 2.05) is 52.3 Å². The molecule has 2 N–H and O–H groups in total. The minimum Gasteiger partial charge on any atom is -0.341 e. The molecule has 0 radical (unpaired) electrons. The first-order valence-corrected chi connectivity index (χ1v) is 7.85. The molecule has 23 heavy (non-hydrogen) atoms. The quantitative estimate of drug-likeness (QED) is 0.932. The van der Waals surface area contributed by atoms with Crippen LogP contribution in [0.5, 0.6) is 0 Å². The lowest BCUT2D eigenvalue weighted by Gasteiger charge is -2.30. The van der Waals surface area contributed by atoms with E-state index >= 15 is 0 Å². The van der Waals surface area contributed by atoms with Crippen LogP contribution in [0, 0.1) is 0 Å². The Hall–Kier alpha value is -1.85.